The number of pyridine rings is 1. The summed E-state index contributed by atoms with van der Waals surface area (Å²) in [6.07, 6.45) is 6.31. The molecule has 116 valence electrons. The Morgan fingerprint density at radius 1 is 1.22 bits per heavy atom. The summed E-state index contributed by atoms with van der Waals surface area (Å²) in [5, 5.41) is 14.0. The van der Waals surface area contributed by atoms with Crippen LogP contribution >= 0.6 is 0 Å². The smallest absolute Gasteiger partial charge is 0.257 e. The summed E-state index contributed by atoms with van der Waals surface area (Å²) in [6, 6.07) is 11.1. The van der Waals surface area contributed by atoms with Crippen molar-refractivity contribution in [1.82, 2.24) is 19.7 Å². The summed E-state index contributed by atoms with van der Waals surface area (Å²) >= 11 is 0. The van der Waals surface area contributed by atoms with Crippen LogP contribution in [0.4, 0.5) is 0 Å². The van der Waals surface area contributed by atoms with Crippen molar-refractivity contribution in [2.75, 3.05) is 7.05 Å². The van der Waals surface area contributed by atoms with Crippen molar-refractivity contribution in [2.45, 2.75) is 6.54 Å². The maximum Gasteiger partial charge on any atom is 0.257 e. The molecule has 0 spiro atoms. The van der Waals surface area contributed by atoms with Crippen molar-refractivity contribution in [3.05, 3.63) is 72.3 Å². The molecule has 0 saturated carbocycles. The number of aromatic nitrogens is 3. The van der Waals surface area contributed by atoms with Gasteiger partial charge in [-0.2, -0.15) is 5.10 Å². The maximum atomic E-state index is 12.5. The monoisotopic (exact) mass is 308 g/mol. The number of hydrogen-bond donors (Lipinski definition) is 1. The lowest BCUT2D eigenvalue weighted by Gasteiger charge is -2.19. The van der Waals surface area contributed by atoms with Crippen LogP contribution in [0.1, 0.15) is 15.9 Å². The number of benzene rings is 1. The topological polar surface area (TPSA) is 71.2 Å². The van der Waals surface area contributed by atoms with E-state index in [4.69, 9.17) is 0 Å². The van der Waals surface area contributed by atoms with Crippen LogP contribution in [0.2, 0.25) is 0 Å². The fraction of sp³-hybridized carbons (Fsp3) is 0.118. The zero-order valence-corrected chi connectivity index (χ0v) is 12.6. The second-order valence-electron chi connectivity index (χ2n) is 5.13. The van der Waals surface area contributed by atoms with Gasteiger partial charge in [-0.15, -0.1) is 0 Å². The second-order valence-corrected chi connectivity index (χ2v) is 5.13. The lowest BCUT2D eigenvalue weighted by molar-refractivity contribution is 0.0782. The minimum Gasteiger partial charge on any atom is -0.505 e. The van der Waals surface area contributed by atoms with Gasteiger partial charge in [0.1, 0.15) is 5.75 Å². The molecule has 0 saturated heterocycles. The van der Waals surface area contributed by atoms with Crippen LogP contribution in [0, 0.1) is 0 Å². The molecule has 0 bridgehead atoms. The number of nitrogens with zero attached hydrogens (tertiary/aromatic N) is 4. The van der Waals surface area contributed by atoms with Crippen LogP contribution in [0.5, 0.6) is 5.75 Å². The quantitative estimate of drug-likeness (QED) is 0.802. The summed E-state index contributed by atoms with van der Waals surface area (Å²) in [7, 11) is 1.70. The predicted molar refractivity (Wildman–Crippen MR) is 85.3 cm³/mol. The van der Waals surface area contributed by atoms with Gasteiger partial charge in [0.2, 0.25) is 0 Å². The zero-order chi connectivity index (χ0) is 16.2. The zero-order valence-electron chi connectivity index (χ0n) is 12.6. The number of carbonyl (C=O) groups is 1. The molecule has 0 atom stereocenters. The molecule has 1 amide bonds. The summed E-state index contributed by atoms with van der Waals surface area (Å²) < 4.78 is 1.76. The van der Waals surface area contributed by atoms with E-state index >= 15 is 0 Å². The third kappa shape index (κ3) is 3.06. The van der Waals surface area contributed by atoms with Gasteiger partial charge in [0, 0.05) is 32.2 Å². The SMILES string of the molecule is CN(Cc1ccccc1-n1cccn1)C(=O)c1ccncc1O. The van der Waals surface area contributed by atoms with Gasteiger partial charge in [0.15, 0.2) is 0 Å². The molecule has 2 aromatic heterocycles. The van der Waals surface area contributed by atoms with Gasteiger partial charge in [0.05, 0.1) is 17.4 Å². The van der Waals surface area contributed by atoms with Gasteiger partial charge in [-0.1, -0.05) is 18.2 Å². The second kappa shape index (κ2) is 6.31. The average Bonchev–Trinajstić information content (AvgIpc) is 3.09. The molecule has 0 radical (unpaired) electrons. The first-order valence-electron chi connectivity index (χ1n) is 7.13. The molecule has 0 fully saturated rings. The highest BCUT2D eigenvalue weighted by Crippen LogP contribution is 2.19. The Hall–Kier alpha value is -3.15. The molecule has 0 aliphatic heterocycles. The lowest BCUT2D eigenvalue weighted by atomic mass is 10.1. The Morgan fingerprint density at radius 3 is 2.78 bits per heavy atom. The summed E-state index contributed by atoms with van der Waals surface area (Å²) in [6.45, 7) is 0.399. The highest BCUT2D eigenvalue weighted by Gasteiger charge is 2.17. The number of aromatic hydroxyl groups is 1. The fourth-order valence-electron chi connectivity index (χ4n) is 2.38. The van der Waals surface area contributed by atoms with Crippen molar-refractivity contribution in [1.29, 1.82) is 0 Å². The Kier molecular flexibility index (Phi) is 4.05. The van der Waals surface area contributed by atoms with E-state index in [0.717, 1.165) is 11.3 Å². The molecule has 3 aromatic rings. The first kappa shape index (κ1) is 14.8. The highest BCUT2D eigenvalue weighted by atomic mass is 16.3. The van der Waals surface area contributed by atoms with Gasteiger partial charge in [-0.3, -0.25) is 9.78 Å². The van der Waals surface area contributed by atoms with E-state index in [1.165, 1.54) is 18.5 Å². The maximum absolute atomic E-state index is 12.5. The Balaban J connectivity index is 1.85. The average molecular weight is 308 g/mol. The van der Waals surface area contributed by atoms with E-state index in [0.29, 0.717) is 6.54 Å². The number of rotatable bonds is 4. The van der Waals surface area contributed by atoms with Gasteiger partial charge in [-0.05, 0) is 23.8 Å². The van der Waals surface area contributed by atoms with Gasteiger partial charge in [-0.25, -0.2) is 4.68 Å². The van der Waals surface area contributed by atoms with E-state index in [9.17, 15) is 9.90 Å². The van der Waals surface area contributed by atoms with Crippen LogP contribution in [0.15, 0.2) is 61.2 Å². The Labute approximate surface area is 133 Å². The van der Waals surface area contributed by atoms with Crippen LogP contribution in [-0.2, 0) is 6.54 Å². The van der Waals surface area contributed by atoms with Crippen molar-refractivity contribution < 1.29 is 9.90 Å². The van der Waals surface area contributed by atoms with Crippen molar-refractivity contribution in [3.63, 3.8) is 0 Å². The third-order valence-corrected chi connectivity index (χ3v) is 3.53. The minimum absolute atomic E-state index is 0.121. The van der Waals surface area contributed by atoms with E-state index in [2.05, 4.69) is 10.1 Å². The standard InChI is InChI=1S/C17H16N4O2/c1-20(17(23)14-7-9-18-11-16(14)22)12-13-5-2-3-6-15(13)21-10-4-8-19-21/h2-11,22H,12H2,1H3. The van der Waals surface area contributed by atoms with Gasteiger partial charge >= 0.3 is 0 Å². The minimum atomic E-state index is -0.264. The van der Waals surface area contributed by atoms with Gasteiger partial charge < -0.3 is 10.0 Å². The fourth-order valence-corrected chi connectivity index (χ4v) is 2.38. The van der Waals surface area contributed by atoms with Crippen LogP contribution in [0.25, 0.3) is 5.69 Å². The molecule has 1 N–H and O–H groups in total. The molecule has 6 heteroatoms. The predicted octanol–water partition coefficient (Wildman–Crippen LogP) is 2.25. The third-order valence-electron chi connectivity index (χ3n) is 3.53. The molecular formula is C17H16N4O2. The molecule has 0 aliphatic carbocycles. The first-order chi connectivity index (χ1) is 11.2. The normalized spacial score (nSPS) is 10.5. The number of amides is 1. The van der Waals surface area contributed by atoms with Crippen LogP contribution in [-0.4, -0.2) is 37.7 Å². The molecule has 0 aliphatic rings. The molecular weight excluding hydrogens is 292 g/mol. The molecule has 23 heavy (non-hydrogen) atoms. The highest BCUT2D eigenvalue weighted by molar-refractivity contribution is 5.96. The molecule has 1 aromatic carbocycles. The first-order valence-corrected chi connectivity index (χ1v) is 7.13. The van der Waals surface area contributed by atoms with E-state index in [1.54, 1.807) is 22.8 Å². The summed E-state index contributed by atoms with van der Waals surface area (Å²) in [4.78, 5) is 17.8. The molecule has 3 rings (SSSR count). The number of hydrogen-bond acceptors (Lipinski definition) is 4. The number of carbonyl (C=O) groups excluding carboxylic acids is 1. The van der Waals surface area contributed by atoms with E-state index in [1.807, 2.05) is 36.5 Å². The summed E-state index contributed by atoms with van der Waals surface area (Å²) in [5.41, 5.74) is 2.11. The Morgan fingerprint density at radius 2 is 2.04 bits per heavy atom. The summed E-state index contributed by atoms with van der Waals surface area (Å²) in [5.74, 6) is -0.384. The van der Waals surface area contributed by atoms with Crippen molar-refractivity contribution in [3.8, 4) is 11.4 Å². The van der Waals surface area contributed by atoms with Crippen LogP contribution < -0.4 is 0 Å². The Bertz CT molecular complexity index is 815. The van der Waals surface area contributed by atoms with Crippen LogP contribution in [0.3, 0.4) is 0 Å². The molecule has 6 nitrogen and oxygen atoms in total. The molecule has 2 heterocycles. The molecule has 0 unspecified atom stereocenters. The van der Waals surface area contributed by atoms with Gasteiger partial charge in [0.25, 0.3) is 5.91 Å². The largest absolute Gasteiger partial charge is 0.505 e. The van der Waals surface area contributed by atoms with Crippen molar-refractivity contribution in [2.24, 2.45) is 0 Å². The van der Waals surface area contributed by atoms with E-state index in [-0.39, 0.29) is 17.2 Å². The van der Waals surface area contributed by atoms with Crippen molar-refractivity contribution >= 4 is 5.91 Å². The lowest BCUT2D eigenvalue weighted by Crippen LogP contribution is -2.27. The van der Waals surface area contributed by atoms with E-state index < -0.39 is 0 Å². The number of para-hydroxylation sites is 1.